The van der Waals surface area contributed by atoms with E-state index in [1.807, 2.05) is 6.08 Å². The molecule has 2 heteroatoms. The van der Waals surface area contributed by atoms with Crippen molar-refractivity contribution in [2.75, 3.05) is 0 Å². The molecule has 0 aromatic rings. The maximum Gasteiger partial charge on any atom is 0.155 e. The van der Waals surface area contributed by atoms with Gasteiger partial charge >= 0.3 is 0 Å². The van der Waals surface area contributed by atoms with Crippen LogP contribution in [0, 0.1) is 40.4 Å². The summed E-state index contributed by atoms with van der Waals surface area (Å²) < 4.78 is 6.31. The molecule has 0 aromatic carbocycles. The third-order valence-electron chi connectivity index (χ3n) is 9.73. The molecule has 5 rings (SSSR count). The van der Waals surface area contributed by atoms with Gasteiger partial charge in [-0.3, -0.25) is 4.79 Å². The highest BCUT2D eigenvalue weighted by atomic mass is 16.6. The zero-order valence-electron chi connectivity index (χ0n) is 17.1. The Bertz CT molecular complexity index is 651. The average molecular weight is 357 g/mol. The summed E-state index contributed by atoms with van der Waals surface area (Å²) in [6.45, 7) is 9.95. The topological polar surface area (TPSA) is 29.6 Å². The van der Waals surface area contributed by atoms with E-state index in [9.17, 15) is 4.79 Å². The van der Waals surface area contributed by atoms with Crippen LogP contribution in [0.4, 0.5) is 0 Å². The van der Waals surface area contributed by atoms with E-state index in [2.05, 4.69) is 27.7 Å². The minimum atomic E-state index is 0.227. The van der Waals surface area contributed by atoms with Crippen LogP contribution in [0.25, 0.3) is 0 Å². The van der Waals surface area contributed by atoms with Crippen molar-refractivity contribution in [1.29, 1.82) is 0 Å². The fourth-order valence-electron chi connectivity index (χ4n) is 8.44. The Hall–Kier alpha value is -0.630. The predicted octanol–water partition coefficient (Wildman–Crippen LogP) is 5.56. The first-order valence-electron chi connectivity index (χ1n) is 11.3. The van der Waals surface area contributed by atoms with Crippen molar-refractivity contribution < 1.29 is 9.53 Å². The lowest BCUT2D eigenvalue weighted by Gasteiger charge is -2.57. The van der Waals surface area contributed by atoms with Gasteiger partial charge in [0.2, 0.25) is 0 Å². The van der Waals surface area contributed by atoms with Crippen molar-refractivity contribution in [2.45, 2.75) is 91.3 Å². The second-order valence-corrected chi connectivity index (χ2v) is 10.8. The van der Waals surface area contributed by atoms with Crippen molar-refractivity contribution in [3.05, 3.63) is 11.6 Å². The number of carbonyl (C=O) groups excluding carboxylic acids is 1. The summed E-state index contributed by atoms with van der Waals surface area (Å²) >= 11 is 0. The molecular formula is C24H36O2. The summed E-state index contributed by atoms with van der Waals surface area (Å²) in [5.74, 6) is 4.43. The molecule has 1 saturated heterocycles. The van der Waals surface area contributed by atoms with E-state index in [0.717, 1.165) is 42.4 Å². The number of ketones is 1. The van der Waals surface area contributed by atoms with Crippen LogP contribution < -0.4 is 0 Å². The van der Waals surface area contributed by atoms with Crippen LogP contribution in [0.1, 0.15) is 79.1 Å². The lowest BCUT2D eigenvalue weighted by Crippen LogP contribution is -2.53. The van der Waals surface area contributed by atoms with Crippen molar-refractivity contribution in [3.8, 4) is 0 Å². The second-order valence-electron chi connectivity index (χ2n) is 10.8. The average Bonchev–Trinajstić information content (AvgIpc) is 3.31. The first-order valence-corrected chi connectivity index (χ1v) is 11.3. The van der Waals surface area contributed by atoms with E-state index >= 15 is 0 Å². The largest absolute Gasteiger partial charge is 0.365 e. The lowest BCUT2D eigenvalue weighted by atomic mass is 9.46. The molecule has 0 spiro atoms. The van der Waals surface area contributed by atoms with Gasteiger partial charge in [-0.05, 0) is 84.2 Å². The molecule has 2 unspecified atom stereocenters. The first kappa shape index (κ1) is 17.5. The fourth-order valence-corrected chi connectivity index (χ4v) is 8.44. The quantitative estimate of drug-likeness (QED) is 0.620. The summed E-state index contributed by atoms with van der Waals surface area (Å²) in [5.41, 5.74) is 2.12. The minimum absolute atomic E-state index is 0.227. The molecule has 0 N–H and O–H groups in total. The molecule has 5 aliphatic rings. The van der Waals surface area contributed by atoms with E-state index in [4.69, 9.17) is 4.74 Å². The maximum absolute atomic E-state index is 12.1. The maximum atomic E-state index is 12.1. The minimum Gasteiger partial charge on any atom is -0.365 e. The molecule has 9 atom stereocenters. The van der Waals surface area contributed by atoms with Gasteiger partial charge in [0.05, 0.1) is 6.10 Å². The molecule has 4 aliphatic carbocycles. The third-order valence-corrected chi connectivity index (χ3v) is 9.73. The fraction of sp³-hybridized carbons (Fsp3) is 0.875. The highest BCUT2D eigenvalue weighted by molar-refractivity contribution is 5.92. The first-order chi connectivity index (χ1) is 12.4. The van der Waals surface area contributed by atoms with Crippen LogP contribution in [-0.4, -0.2) is 18.0 Å². The summed E-state index contributed by atoms with van der Waals surface area (Å²) in [6, 6.07) is 0. The molecule has 2 nitrogen and oxygen atoms in total. The number of hydrogen-bond donors (Lipinski definition) is 0. The predicted molar refractivity (Wildman–Crippen MR) is 104 cm³/mol. The molecule has 26 heavy (non-hydrogen) atoms. The summed E-state index contributed by atoms with van der Waals surface area (Å²) in [5, 5.41) is 0. The number of rotatable bonds is 3. The SMILES string of the molecule is CCC[C@@H](C)[C@H]1CC[C@H]2[C@@H]3C4OC4C4=CC(=O)CC[C@]4(C)[C@H]3CC[C@]12C. The van der Waals surface area contributed by atoms with E-state index in [-0.39, 0.29) is 11.5 Å². The Balaban J connectivity index is 1.48. The molecular weight excluding hydrogens is 320 g/mol. The van der Waals surface area contributed by atoms with E-state index in [0.29, 0.717) is 17.3 Å². The van der Waals surface area contributed by atoms with Gasteiger partial charge in [0.25, 0.3) is 0 Å². The molecule has 1 heterocycles. The van der Waals surface area contributed by atoms with Gasteiger partial charge in [0.1, 0.15) is 6.10 Å². The van der Waals surface area contributed by atoms with Crippen molar-refractivity contribution >= 4 is 5.78 Å². The van der Waals surface area contributed by atoms with Gasteiger partial charge in [-0.25, -0.2) is 0 Å². The van der Waals surface area contributed by atoms with Gasteiger partial charge in [0.15, 0.2) is 5.78 Å². The zero-order chi connectivity index (χ0) is 18.3. The summed E-state index contributed by atoms with van der Waals surface area (Å²) in [6.07, 6.45) is 12.8. The molecule has 0 amide bonds. The summed E-state index contributed by atoms with van der Waals surface area (Å²) in [4.78, 5) is 12.1. The molecule has 1 aliphatic heterocycles. The molecule has 144 valence electrons. The van der Waals surface area contributed by atoms with Crippen LogP contribution in [0.2, 0.25) is 0 Å². The zero-order valence-corrected chi connectivity index (χ0v) is 17.1. The number of hydrogen-bond acceptors (Lipinski definition) is 2. The molecule has 3 saturated carbocycles. The Morgan fingerprint density at radius 2 is 2.00 bits per heavy atom. The van der Waals surface area contributed by atoms with Gasteiger partial charge in [-0.15, -0.1) is 0 Å². The molecule has 0 aromatic heterocycles. The Labute approximate surface area is 159 Å². The third kappa shape index (κ3) is 2.17. The normalized spacial score (nSPS) is 53.1. The van der Waals surface area contributed by atoms with Gasteiger partial charge < -0.3 is 4.74 Å². The van der Waals surface area contributed by atoms with E-state index in [1.54, 1.807) is 0 Å². The Morgan fingerprint density at radius 1 is 1.19 bits per heavy atom. The van der Waals surface area contributed by atoms with Crippen molar-refractivity contribution in [1.82, 2.24) is 0 Å². The number of epoxide rings is 1. The van der Waals surface area contributed by atoms with Crippen molar-refractivity contribution in [3.63, 3.8) is 0 Å². The standard InChI is InChI=1S/C24H36O2/c1-5-6-14(2)16-7-8-17-20-18(10-12-23(16,17)3)24(4)11-9-15(25)13-19(24)21-22(20)26-21/h13-14,16-18,20-22H,5-12H2,1-4H3/t14-,16-,17+,18+,20+,21?,22?,23-,24-/m1/s1. The van der Waals surface area contributed by atoms with Crippen LogP contribution in [0.15, 0.2) is 11.6 Å². The van der Waals surface area contributed by atoms with E-state index in [1.165, 1.54) is 44.1 Å². The monoisotopic (exact) mass is 356 g/mol. The number of carbonyl (C=O) groups is 1. The van der Waals surface area contributed by atoms with Gasteiger partial charge in [-0.1, -0.05) is 40.5 Å². The van der Waals surface area contributed by atoms with Crippen molar-refractivity contribution in [2.24, 2.45) is 40.4 Å². The smallest absolute Gasteiger partial charge is 0.155 e. The van der Waals surface area contributed by atoms with E-state index < -0.39 is 0 Å². The molecule has 0 bridgehead atoms. The van der Waals surface area contributed by atoms with Gasteiger partial charge in [0, 0.05) is 6.42 Å². The Morgan fingerprint density at radius 3 is 2.77 bits per heavy atom. The molecule has 4 fully saturated rings. The highest BCUT2D eigenvalue weighted by Gasteiger charge is 2.69. The van der Waals surface area contributed by atoms with Crippen LogP contribution in [-0.2, 0) is 9.53 Å². The highest BCUT2D eigenvalue weighted by Crippen LogP contribution is 2.70. The van der Waals surface area contributed by atoms with Crippen LogP contribution in [0.5, 0.6) is 0 Å². The number of ether oxygens (including phenoxy) is 1. The molecule has 0 radical (unpaired) electrons. The van der Waals surface area contributed by atoms with Crippen LogP contribution >= 0.6 is 0 Å². The number of fused-ring (bicyclic) bond motifs is 8. The second kappa shape index (κ2) is 5.69. The lowest BCUT2D eigenvalue weighted by molar-refractivity contribution is -0.117. The van der Waals surface area contributed by atoms with Gasteiger partial charge in [-0.2, -0.15) is 0 Å². The summed E-state index contributed by atoms with van der Waals surface area (Å²) in [7, 11) is 0. The van der Waals surface area contributed by atoms with Crippen LogP contribution in [0.3, 0.4) is 0 Å². The Kier molecular flexibility index (Phi) is 3.82.